The van der Waals surface area contributed by atoms with Crippen molar-refractivity contribution in [2.45, 2.75) is 11.4 Å². The zero-order valence-electron chi connectivity index (χ0n) is 11.7. The number of carbonyl (C=O) groups is 2. The van der Waals surface area contributed by atoms with Gasteiger partial charge in [0.15, 0.2) is 0 Å². The van der Waals surface area contributed by atoms with E-state index in [0.717, 1.165) is 5.56 Å². The molecule has 1 unspecified atom stereocenters. The van der Waals surface area contributed by atoms with Gasteiger partial charge in [-0.25, -0.2) is 8.93 Å². The average molecular weight is 367 g/mol. The fourth-order valence-corrected chi connectivity index (χ4v) is 3.91. The predicted molar refractivity (Wildman–Crippen MR) is 91.5 cm³/mol. The van der Waals surface area contributed by atoms with E-state index < -0.39 is 20.4 Å². The van der Waals surface area contributed by atoms with E-state index in [4.69, 9.17) is 22.8 Å². The Morgan fingerprint density at radius 3 is 2.65 bits per heavy atom. The summed E-state index contributed by atoms with van der Waals surface area (Å²) >= 11 is 11.2. The van der Waals surface area contributed by atoms with Gasteiger partial charge in [-0.05, 0) is 29.8 Å². The second kappa shape index (κ2) is 6.01. The minimum Gasteiger partial charge on any atom is -0.318 e. The van der Waals surface area contributed by atoms with Gasteiger partial charge in [-0.3, -0.25) is 9.59 Å². The second-order valence-corrected chi connectivity index (χ2v) is 8.49. The number of anilines is 1. The third-order valence-electron chi connectivity index (χ3n) is 3.41. The largest absolute Gasteiger partial charge is 0.318 e. The number of nitrogens with one attached hydrogen (secondary N) is 2. The molecule has 0 saturated heterocycles. The van der Waals surface area contributed by atoms with Gasteiger partial charge in [0.25, 0.3) is 11.7 Å². The second-order valence-electron chi connectivity index (χ2n) is 4.91. The maximum Gasteiger partial charge on any atom is 0.296 e. The van der Waals surface area contributed by atoms with Gasteiger partial charge in [0.2, 0.25) is 0 Å². The zero-order valence-corrected chi connectivity index (χ0v) is 14.1. The number of carbonyl (C=O) groups excluding carboxylic acids is 2. The number of rotatable bonds is 4. The van der Waals surface area contributed by atoms with Crippen LogP contribution in [0, 0.1) is 0 Å². The molecule has 1 amide bonds. The summed E-state index contributed by atoms with van der Waals surface area (Å²) in [6.07, 6.45) is 0. The molecule has 0 fully saturated rings. The SMILES string of the molecule is O=C1Nc2ccc(S(=O)(=S)NCc3ccccc3Cl)cc2C1=O. The van der Waals surface area contributed by atoms with E-state index in [1.807, 2.05) is 6.07 Å². The fourth-order valence-electron chi connectivity index (χ4n) is 2.19. The van der Waals surface area contributed by atoms with Crippen LogP contribution in [0.1, 0.15) is 15.9 Å². The highest BCUT2D eigenvalue weighted by atomic mass is 35.5. The Kier molecular flexibility index (Phi) is 4.20. The van der Waals surface area contributed by atoms with Crippen molar-refractivity contribution in [3.8, 4) is 0 Å². The molecule has 23 heavy (non-hydrogen) atoms. The highest BCUT2D eigenvalue weighted by molar-refractivity contribution is 8.31. The number of amides is 1. The van der Waals surface area contributed by atoms with Gasteiger partial charge >= 0.3 is 0 Å². The molecule has 0 aromatic heterocycles. The summed E-state index contributed by atoms with van der Waals surface area (Å²) in [4.78, 5) is 23.4. The van der Waals surface area contributed by atoms with Crippen molar-refractivity contribution in [2.75, 3.05) is 5.32 Å². The molecule has 8 heteroatoms. The fraction of sp³-hybridized carbons (Fsp3) is 0.0667. The van der Waals surface area contributed by atoms with Crippen LogP contribution in [0.3, 0.4) is 0 Å². The third kappa shape index (κ3) is 3.13. The Balaban J connectivity index is 1.85. The molecule has 1 aliphatic rings. The highest BCUT2D eigenvalue weighted by Gasteiger charge is 2.29. The summed E-state index contributed by atoms with van der Waals surface area (Å²) in [5.74, 6) is -1.35. The number of Topliss-reactive ketones (excluding diaryl/α,β-unsaturated/α-hetero) is 1. The monoisotopic (exact) mass is 366 g/mol. The minimum atomic E-state index is -3.00. The first kappa shape index (κ1) is 16.1. The van der Waals surface area contributed by atoms with Crippen molar-refractivity contribution in [3.63, 3.8) is 0 Å². The number of fused-ring (bicyclic) bond motifs is 1. The summed E-state index contributed by atoms with van der Waals surface area (Å²) in [5.41, 5.74) is 1.35. The van der Waals surface area contributed by atoms with E-state index >= 15 is 0 Å². The standard InChI is InChI=1S/C15H11ClN2O3S2/c16-12-4-2-1-3-9(12)8-17-23(21,22)10-5-6-13-11(7-10)14(19)15(20)18-13/h1-7,17H,8H2,(H,18,19,20). The molecular weight excluding hydrogens is 356 g/mol. The van der Waals surface area contributed by atoms with Crippen LogP contribution in [0.2, 0.25) is 5.02 Å². The van der Waals surface area contributed by atoms with Gasteiger partial charge in [0.1, 0.15) is 8.68 Å². The molecule has 0 bridgehead atoms. The lowest BCUT2D eigenvalue weighted by Gasteiger charge is -2.11. The lowest BCUT2D eigenvalue weighted by Crippen LogP contribution is -2.22. The predicted octanol–water partition coefficient (Wildman–Crippen LogP) is 2.28. The minimum absolute atomic E-state index is 0.185. The number of hydrogen-bond acceptors (Lipinski definition) is 4. The first-order valence-corrected chi connectivity index (χ1v) is 9.47. The normalized spacial score (nSPS) is 15.9. The number of benzene rings is 2. The summed E-state index contributed by atoms with van der Waals surface area (Å²) in [6, 6.07) is 11.6. The molecule has 1 heterocycles. The Morgan fingerprint density at radius 2 is 1.91 bits per heavy atom. The van der Waals surface area contributed by atoms with E-state index in [1.165, 1.54) is 18.2 Å². The third-order valence-corrected chi connectivity index (χ3v) is 6.11. The zero-order chi connectivity index (χ0) is 16.6. The van der Waals surface area contributed by atoms with Gasteiger partial charge in [-0.15, -0.1) is 0 Å². The topological polar surface area (TPSA) is 75.3 Å². The molecule has 5 nitrogen and oxygen atoms in total. The molecule has 3 rings (SSSR count). The lowest BCUT2D eigenvalue weighted by atomic mass is 10.1. The maximum absolute atomic E-state index is 12.7. The quantitative estimate of drug-likeness (QED) is 0.814. The number of ketones is 1. The first-order chi connectivity index (χ1) is 10.9. The molecule has 0 radical (unpaired) electrons. The Hall–Kier alpha value is -1.80. The molecule has 2 aromatic carbocycles. The molecular formula is C15H11ClN2O3S2. The summed E-state index contributed by atoms with van der Waals surface area (Å²) in [5, 5.41) is 2.98. The van der Waals surface area contributed by atoms with Crippen LogP contribution >= 0.6 is 11.6 Å². The van der Waals surface area contributed by atoms with Crippen LogP contribution in [0.5, 0.6) is 0 Å². The van der Waals surface area contributed by atoms with Crippen molar-refractivity contribution < 1.29 is 13.8 Å². The summed E-state index contributed by atoms with van der Waals surface area (Å²) < 4.78 is 15.5. The van der Waals surface area contributed by atoms with E-state index in [-0.39, 0.29) is 17.0 Å². The van der Waals surface area contributed by atoms with Crippen LogP contribution in [-0.4, -0.2) is 15.9 Å². The maximum atomic E-state index is 12.7. The van der Waals surface area contributed by atoms with Gasteiger partial charge in [-0.1, -0.05) is 29.8 Å². The molecule has 2 N–H and O–H groups in total. The molecule has 0 saturated carbocycles. The van der Waals surface area contributed by atoms with E-state index in [2.05, 4.69) is 10.0 Å². The van der Waals surface area contributed by atoms with E-state index in [0.29, 0.717) is 10.7 Å². The van der Waals surface area contributed by atoms with Crippen molar-refractivity contribution in [3.05, 3.63) is 58.6 Å². The van der Waals surface area contributed by atoms with Crippen molar-refractivity contribution in [2.24, 2.45) is 0 Å². The highest BCUT2D eigenvalue weighted by Crippen LogP contribution is 2.26. The van der Waals surface area contributed by atoms with Crippen molar-refractivity contribution in [1.29, 1.82) is 0 Å². The Morgan fingerprint density at radius 1 is 1.17 bits per heavy atom. The molecule has 1 aliphatic heterocycles. The number of hydrogen-bond donors (Lipinski definition) is 2. The van der Waals surface area contributed by atoms with Crippen LogP contribution in [-0.2, 0) is 31.2 Å². The van der Waals surface area contributed by atoms with Gasteiger partial charge in [0, 0.05) is 22.8 Å². The van der Waals surface area contributed by atoms with Crippen molar-refractivity contribution in [1.82, 2.24) is 4.72 Å². The van der Waals surface area contributed by atoms with Gasteiger partial charge in [-0.2, -0.15) is 0 Å². The van der Waals surface area contributed by atoms with Gasteiger partial charge in [0.05, 0.1) is 16.1 Å². The first-order valence-electron chi connectivity index (χ1n) is 6.61. The van der Waals surface area contributed by atoms with Crippen LogP contribution in [0.25, 0.3) is 0 Å². The smallest absolute Gasteiger partial charge is 0.296 e. The van der Waals surface area contributed by atoms with Crippen molar-refractivity contribution >= 4 is 48.8 Å². The van der Waals surface area contributed by atoms with Crippen LogP contribution in [0.4, 0.5) is 5.69 Å². The Labute approximate surface area is 142 Å². The molecule has 118 valence electrons. The van der Waals surface area contributed by atoms with Gasteiger partial charge < -0.3 is 5.32 Å². The molecule has 0 spiro atoms. The van der Waals surface area contributed by atoms with Crippen LogP contribution < -0.4 is 10.0 Å². The van der Waals surface area contributed by atoms with E-state index in [9.17, 15) is 13.8 Å². The van der Waals surface area contributed by atoms with E-state index in [1.54, 1.807) is 18.2 Å². The lowest BCUT2D eigenvalue weighted by molar-refractivity contribution is -0.112. The van der Waals surface area contributed by atoms with Crippen LogP contribution in [0.15, 0.2) is 47.4 Å². The molecule has 0 aliphatic carbocycles. The molecule has 2 aromatic rings. The Bertz CT molecular complexity index is 926. The summed E-state index contributed by atoms with van der Waals surface area (Å²) in [6.45, 7) is 0.226. The number of halogens is 1. The average Bonchev–Trinajstić information content (AvgIpc) is 2.81. The molecule has 1 atom stereocenters. The summed E-state index contributed by atoms with van der Waals surface area (Å²) in [7, 11) is -3.00.